The van der Waals surface area contributed by atoms with Crippen molar-refractivity contribution in [1.82, 2.24) is 5.32 Å². The van der Waals surface area contributed by atoms with Crippen molar-refractivity contribution in [1.29, 1.82) is 5.26 Å². The molecule has 1 atom stereocenters. The highest BCUT2D eigenvalue weighted by Crippen LogP contribution is 2.17. The van der Waals surface area contributed by atoms with Crippen molar-refractivity contribution in [2.75, 3.05) is 6.54 Å². The van der Waals surface area contributed by atoms with Gasteiger partial charge >= 0.3 is 0 Å². The summed E-state index contributed by atoms with van der Waals surface area (Å²) in [6.07, 6.45) is 0.133. The second kappa shape index (κ2) is 6.60. The third-order valence-electron chi connectivity index (χ3n) is 2.29. The highest BCUT2D eigenvalue weighted by molar-refractivity contribution is 5.80. The summed E-state index contributed by atoms with van der Waals surface area (Å²) in [6, 6.07) is 5.60. The highest BCUT2D eigenvalue weighted by Gasteiger charge is 2.14. The van der Waals surface area contributed by atoms with Crippen molar-refractivity contribution < 1.29 is 13.9 Å². The maximum absolute atomic E-state index is 13.3. The number of carbonyl (C=O) groups is 1. The van der Waals surface area contributed by atoms with Crippen molar-refractivity contribution in [2.24, 2.45) is 0 Å². The minimum absolute atomic E-state index is 0.0505. The molecule has 0 aliphatic rings. The fraction of sp³-hybridized carbons (Fsp3) is 0.385. The van der Waals surface area contributed by atoms with Crippen LogP contribution in [-0.4, -0.2) is 18.6 Å². The highest BCUT2D eigenvalue weighted by atomic mass is 19.1. The number of carbonyl (C=O) groups excluding carboxylic acids is 1. The third kappa shape index (κ3) is 3.74. The number of rotatable bonds is 5. The van der Waals surface area contributed by atoms with Crippen LogP contribution < -0.4 is 10.1 Å². The molecule has 1 aromatic rings. The second-order valence-corrected chi connectivity index (χ2v) is 3.80. The van der Waals surface area contributed by atoms with Crippen LogP contribution in [0.3, 0.4) is 0 Å². The van der Waals surface area contributed by atoms with Gasteiger partial charge in [-0.05, 0) is 25.5 Å². The third-order valence-corrected chi connectivity index (χ3v) is 2.29. The molecule has 5 heteroatoms. The molecular weight excluding hydrogens is 235 g/mol. The van der Waals surface area contributed by atoms with E-state index >= 15 is 0 Å². The molecule has 0 radical (unpaired) electrons. The molecule has 18 heavy (non-hydrogen) atoms. The van der Waals surface area contributed by atoms with Crippen molar-refractivity contribution in [3.63, 3.8) is 0 Å². The average molecular weight is 250 g/mol. The average Bonchev–Trinajstić information content (AvgIpc) is 2.36. The quantitative estimate of drug-likeness (QED) is 0.869. The standard InChI is InChI=1S/C13H15FN2O2/c1-3-6-16-13(17)9(2)18-11-5-4-10(8-15)12(14)7-11/h4-5,7,9H,3,6H2,1-2H3,(H,16,17)/t9-/m1/s1. The lowest BCUT2D eigenvalue weighted by atomic mass is 10.2. The monoisotopic (exact) mass is 250 g/mol. The molecular formula is C13H15FN2O2. The minimum atomic E-state index is -0.705. The normalized spacial score (nSPS) is 11.4. The van der Waals surface area contributed by atoms with E-state index < -0.39 is 11.9 Å². The van der Waals surface area contributed by atoms with Crippen LogP contribution in [0.2, 0.25) is 0 Å². The predicted molar refractivity (Wildman–Crippen MR) is 64.5 cm³/mol. The molecule has 0 fully saturated rings. The molecule has 4 nitrogen and oxygen atoms in total. The Morgan fingerprint density at radius 1 is 1.61 bits per heavy atom. The van der Waals surface area contributed by atoms with Crippen LogP contribution in [-0.2, 0) is 4.79 Å². The molecule has 0 saturated carbocycles. The number of benzene rings is 1. The van der Waals surface area contributed by atoms with Gasteiger partial charge in [-0.1, -0.05) is 6.92 Å². The van der Waals surface area contributed by atoms with Crippen LogP contribution in [0.25, 0.3) is 0 Å². The van der Waals surface area contributed by atoms with Gasteiger partial charge in [0.05, 0.1) is 5.56 Å². The lowest BCUT2D eigenvalue weighted by Crippen LogP contribution is -2.36. The van der Waals surface area contributed by atoms with Crippen LogP contribution in [0, 0.1) is 17.1 Å². The van der Waals surface area contributed by atoms with Gasteiger partial charge in [0.15, 0.2) is 6.10 Å². The van der Waals surface area contributed by atoms with Crippen LogP contribution in [0.15, 0.2) is 18.2 Å². The number of amides is 1. The Labute approximate surface area is 105 Å². The summed E-state index contributed by atoms with van der Waals surface area (Å²) >= 11 is 0. The number of hydrogen-bond donors (Lipinski definition) is 1. The zero-order valence-electron chi connectivity index (χ0n) is 10.4. The fourth-order valence-electron chi connectivity index (χ4n) is 1.31. The second-order valence-electron chi connectivity index (χ2n) is 3.80. The Kier molecular flexibility index (Phi) is 5.12. The van der Waals surface area contributed by atoms with Gasteiger partial charge in [0, 0.05) is 12.6 Å². The molecule has 0 spiro atoms. The van der Waals surface area contributed by atoms with Crippen molar-refractivity contribution in [3.05, 3.63) is 29.6 Å². The molecule has 0 bridgehead atoms. The summed E-state index contributed by atoms with van der Waals surface area (Å²) in [5.74, 6) is -0.677. The summed E-state index contributed by atoms with van der Waals surface area (Å²) in [4.78, 5) is 11.5. The van der Waals surface area contributed by atoms with E-state index in [0.717, 1.165) is 12.5 Å². The predicted octanol–water partition coefficient (Wildman–Crippen LogP) is 1.99. The molecule has 1 rings (SSSR count). The number of ether oxygens (including phenoxy) is 1. The number of halogens is 1. The minimum Gasteiger partial charge on any atom is -0.481 e. The van der Waals surface area contributed by atoms with E-state index in [0.29, 0.717) is 6.54 Å². The maximum atomic E-state index is 13.3. The summed E-state index contributed by atoms with van der Waals surface area (Å²) in [6.45, 7) is 4.11. The molecule has 96 valence electrons. The first-order chi connectivity index (χ1) is 8.58. The van der Waals surface area contributed by atoms with Crippen LogP contribution in [0.1, 0.15) is 25.8 Å². The summed E-state index contributed by atoms with van der Waals surface area (Å²) in [5, 5.41) is 11.3. The van der Waals surface area contributed by atoms with E-state index in [4.69, 9.17) is 10.00 Å². The van der Waals surface area contributed by atoms with Gasteiger partial charge in [0.25, 0.3) is 5.91 Å². The summed E-state index contributed by atoms with van der Waals surface area (Å²) in [5.41, 5.74) is -0.0505. The molecule has 1 amide bonds. The number of nitrogens with one attached hydrogen (secondary N) is 1. The van der Waals surface area contributed by atoms with Crippen LogP contribution in [0.4, 0.5) is 4.39 Å². The first-order valence-corrected chi connectivity index (χ1v) is 5.72. The van der Waals surface area contributed by atoms with E-state index in [-0.39, 0.29) is 17.2 Å². The molecule has 0 unspecified atom stereocenters. The number of hydrogen-bond acceptors (Lipinski definition) is 3. The van der Waals surface area contributed by atoms with Crippen LogP contribution >= 0.6 is 0 Å². The smallest absolute Gasteiger partial charge is 0.260 e. The molecule has 0 aliphatic carbocycles. The molecule has 0 aliphatic heterocycles. The summed E-state index contributed by atoms with van der Waals surface area (Å²) < 4.78 is 18.6. The molecule has 1 aromatic carbocycles. The van der Waals surface area contributed by atoms with Gasteiger partial charge in [-0.15, -0.1) is 0 Å². The van der Waals surface area contributed by atoms with Gasteiger partial charge in [0.2, 0.25) is 0 Å². The number of nitrogens with zero attached hydrogens (tertiary/aromatic N) is 1. The molecule has 0 aromatic heterocycles. The van der Waals surface area contributed by atoms with E-state index in [1.807, 2.05) is 6.92 Å². The van der Waals surface area contributed by atoms with Gasteiger partial charge in [-0.3, -0.25) is 4.79 Å². The molecule has 1 N–H and O–H groups in total. The first-order valence-electron chi connectivity index (χ1n) is 5.72. The van der Waals surface area contributed by atoms with Crippen molar-refractivity contribution in [3.8, 4) is 11.8 Å². The van der Waals surface area contributed by atoms with Crippen LogP contribution in [0.5, 0.6) is 5.75 Å². The van der Waals surface area contributed by atoms with Crippen molar-refractivity contribution in [2.45, 2.75) is 26.4 Å². The Morgan fingerprint density at radius 3 is 2.89 bits per heavy atom. The Morgan fingerprint density at radius 2 is 2.33 bits per heavy atom. The Bertz CT molecular complexity index is 469. The maximum Gasteiger partial charge on any atom is 0.260 e. The van der Waals surface area contributed by atoms with Gasteiger partial charge < -0.3 is 10.1 Å². The van der Waals surface area contributed by atoms with E-state index in [1.54, 1.807) is 13.0 Å². The van der Waals surface area contributed by atoms with E-state index in [2.05, 4.69) is 5.32 Å². The Hall–Kier alpha value is -2.09. The topological polar surface area (TPSA) is 62.1 Å². The van der Waals surface area contributed by atoms with Gasteiger partial charge in [-0.25, -0.2) is 4.39 Å². The van der Waals surface area contributed by atoms with Crippen molar-refractivity contribution >= 4 is 5.91 Å². The lowest BCUT2D eigenvalue weighted by molar-refractivity contribution is -0.127. The SMILES string of the molecule is CCCNC(=O)[C@@H](C)Oc1ccc(C#N)c(F)c1. The first kappa shape index (κ1) is 14.0. The van der Waals surface area contributed by atoms with E-state index in [1.165, 1.54) is 12.1 Å². The molecule has 0 heterocycles. The van der Waals surface area contributed by atoms with Gasteiger partial charge in [0.1, 0.15) is 17.6 Å². The lowest BCUT2D eigenvalue weighted by Gasteiger charge is -2.14. The Balaban J connectivity index is 2.65. The van der Waals surface area contributed by atoms with E-state index in [9.17, 15) is 9.18 Å². The number of nitriles is 1. The zero-order valence-corrected chi connectivity index (χ0v) is 10.4. The summed E-state index contributed by atoms with van der Waals surface area (Å²) in [7, 11) is 0. The largest absolute Gasteiger partial charge is 0.481 e. The zero-order chi connectivity index (χ0) is 13.5. The fourth-order valence-corrected chi connectivity index (χ4v) is 1.31. The van der Waals surface area contributed by atoms with Gasteiger partial charge in [-0.2, -0.15) is 5.26 Å². The molecule has 0 saturated heterocycles.